The minimum absolute atomic E-state index is 0.181. The van der Waals surface area contributed by atoms with Gasteiger partial charge >= 0.3 is 0 Å². The van der Waals surface area contributed by atoms with E-state index in [2.05, 4.69) is 12.2 Å². The molecule has 4 rings (SSSR count). The largest absolute Gasteiger partial charge is 0.350 e. The highest BCUT2D eigenvalue weighted by Gasteiger charge is 2.40. The van der Waals surface area contributed by atoms with E-state index in [1.807, 2.05) is 50.2 Å². The van der Waals surface area contributed by atoms with Gasteiger partial charge in [0.05, 0.1) is 11.3 Å². The molecular formula is C26H23FN2O2. The average molecular weight is 414 g/mol. The number of hydrogen-bond donors (Lipinski definition) is 1. The molecule has 31 heavy (non-hydrogen) atoms. The van der Waals surface area contributed by atoms with Gasteiger partial charge in [0.15, 0.2) is 0 Å². The lowest BCUT2D eigenvalue weighted by atomic mass is 10.0. The van der Waals surface area contributed by atoms with Crippen molar-refractivity contribution < 1.29 is 14.0 Å². The molecule has 1 aliphatic rings. The van der Waals surface area contributed by atoms with E-state index in [-0.39, 0.29) is 11.3 Å². The van der Waals surface area contributed by atoms with Gasteiger partial charge in [0, 0.05) is 5.69 Å². The second-order valence-electron chi connectivity index (χ2n) is 7.67. The number of benzene rings is 3. The number of carbonyl (C=O) groups is 2. The third-order valence-corrected chi connectivity index (χ3v) is 5.44. The highest BCUT2D eigenvalue weighted by Crippen LogP contribution is 2.35. The lowest BCUT2D eigenvalue weighted by Crippen LogP contribution is -2.33. The number of nitrogens with one attached hydrogen (secondary N) is 1. The van der Waals surface area contributed by atoms with Crippen LogP contribution in [0.1, 0.15) is 29.2 Å². The van der Waals surface area contributed by atoms with Gasteiger partial charge in [-0.3, -0.25) is 9.59 Å². The number of rotatable bonds is 5. The third kappa shape index (κ3) is 3.87. The summed E-state index contributed by atoms with van der Waals surface area (Å²) in [4.78, 5) is 28.1. The fourth-order valence-electron chi connectivity index (χ4n) is 3.77. The van der Waals surface area contributed by atoms with E-state index >= 15 is 0 Å². The molecular weight excluding hydrogens is 391 g/mol. The van der Waals surface area contributed by atoms with E-state index in [4.69, 9.17) is 0 Å². The van der Waals surface area contributed by atoms with E-state index in [1.165, 1.54) is 34.7 Å². The summed E-state index contributed by atoms with van der Waals surface area (Å²) in [6.07, 6.45) is 0.904. The maximum absolute atomic E-state index is 13.5. The zero-order valence-electron chi connectivity index (χ0n) is 17.7. The average Bonchev–Trinajstić information content (AvgIpc) is 2.99. The van der Waals surface area contributed by atoms with Crippen molar-refractivity contribution in [3.63, 3.8) is 0 Å². The van der Waals surface area contributed by atoms with Crippen LogP contribution in [0.25, 0.3) is 5.57 Å². The highest BCUT2D eigenvalue weighted by atomic mass is 19.1. The molecule has 2 amide bonds. The van der Waals surface area contributed by atoms with Crippen molar-refractivity contribution in [1.82, 2.24) is 0 Å². The Labute approximate surface area is 181 Å². The van der Waals surface area contributed by atoms with Gasteiger partial charge in [0.1, 0.15) is 11.5 Å². The molecule has 156 valence electrons. The Hall–Kier alpha value is -3.73. The van der Waals surface area contributed by atoms with Crippen LogP contribution in [0.3, 0.4) is 0 Å². The zero-order valence-corrected chi connectivity index (χ0v) is 17.7. The maximum atomic E-state index is 13.5. The maximum Gasteiger partial charge on any atom is 0.282 e. The van der Waals surface area contributed by atoms with Gasteiger partial charge in [-0.1, -0.05) is 48.9 Å². The molecule has 1 N–H and O–H groups in total. The van der Waals surface area contributed by atoms with Crippen LogP contribution in [0, 0.1) is 19.7 Å². The molecule has 0 spiro atoms. The molecule has 5 heteroatoms. The SMILES string of the molecule is CCc1ccc(NC2=C(c3ccc(F)cc3)C(=O)N(c3ccc(C)cc3C)C2=O)cc1. The van der Waals surface area contributed by atoms with Crippen LogP contribution in [0.2, 0.25) is 0 Å². The number of imide groups is 1. The van der Waals surface area contributed by atoms with Crippen LogP contribution in [-0.2, 0) is 16.0 Å². The second-order valence-corrected chi connectivity index (χ2v) is 7.67. The minimum Gasteiger partial charge on any atom is -0.350 e. The Morgan fingerprint density at radius 1 is 0.871 bits per heavy atom. The number of anilines is 2. The summed E-state index contributed by atoms with van der Waals surface area (Å²) < 4.78 is 13.5. The lowest BCUT2D eigenvalue weighted by molar-refractivity contribution is -0.120. The standard InChI is InChI=1S/C26H23FN2O2/c1-4-18-6-12-21(13-7-18)28-24-23(19-8-10-20(27)11-9-19)25(30)29(26(24)31)22-14-5-16(2)15-17(22)3/h5-15,28H,4H2,1-3H3. The smallest absolute Gasteiger partial charge is 0.282 e. The van der Waals surface area contributed by atoms with Crippen molar-refractivity contribution in [1.29, 1.82) is 0 Å². The third-order valence-electron chi connectivity index (χ3n) is 5.44. The minimum atomic E-state index is -0.434. The van der Waals surface area contributed by atoms with E-state index in [9.17, 15) is 14.0 Å². The summed E-state index contributed by atoms with van der Waals surface area (Å²) in [7, 11) is 0. The number of carbonyl (C=O) groups excluding carboxylic acids is 2. The van der Waals surface area contributed by atoms with Crippen molar-refractivity contribution in [3.8, 4) is 0 Å². The Balaban J connectivity index is 1.81. The van der Waals surface area contributed by atoms with Crippen LogP contribution in [0.5, 0.6) is 0 Å². The fraction of sp³-hybridized carbons (Fsp3) is 0.154. The van der Waals surface area contributed by atoms with E-state index in [0.717, 1.165) is 17.5 Å². The van der Waals surface area contributed by atoms with Gasteiger partial charge < -0.3 is 5.32 Å². The molecule has 3 aromatic rings. The van der Waals surface area contributed by atoms with Gasteiger partial charge in [-0.05, 0) is 67.3 Å². The van der Waals surface area contributed by atoms with Crippen molar-refractivity contribution in [2.45, 2.75) is 27.2 Å². The molecule has 0 bridgehead atoms. The number of aryl methyl sites for hydroxylation is 3. The van der Waals surface area contributed by atoms with Gasteiger partial charge in [-0.15, -0.1) is 0 Å². The van der Waals surface area contributed by atoms with Crippen molar-refractivity contribution in [2.24, 2.45) is 0 Å². The van der Waals surface area contributed by atoms with Crippen molar-refractivity contribution in [3.05, 3.63) is 100 Å². The van der Waals surface area contributed by atoms with Gasteiger partial charge in [-0.25, -0.2) is 9.29 Å². The first kappa shape index (κ1) is 20.5. The molecule has 0 saturated heterocycles. The zero-order chi connectivity index (χ0) is 22.1. The molecule has 3 aromatic carbocycles. The number of nitrogens with zero attached hydrogens (tertiary/aromatic N) is 1. The monoisotopic (exact) mass is 414 g/mol. The predicted molar refractivity (Wildman–Crippen MR) is 121 cm³/mol. The summed E-state index contributed by atoms with van der Waals surface area (Å²) >= 11 is 0. The summed E-state index contributed by atoms with van der Waals surface area (Å²) in [5.41, 5.74) is 5.18. The molecule has 4 nitrogen and oxygen atoms in total. The Bertz CT molecular complexity index is 1200. The summed E-state index contributed by atoms with van der Waals surface area (Å²) in [6, 6.07) is 18.9. The Morgan fingerprint density at radius 2 is 1.55 bits per heavy atom. The fourth-order valence-corrected chi connectivity index (χ4v) is 3.77. The number of halogens is 1. The molecule has 0 atom stereocenters. The second kappa shape index (κ2) is 8.19. The quantitative estimate of drug-likeness (QED) is 0.569. The van der Waals surface area contributed by atoms with Gasteiger partial charge in [0.2, 0.25) is 0 Å². The number of hydrogen-bond acceptors (Lipinski definition) is 3. The summed E-state index contributed by atoms with van der Waals surface area (Å²) in [5, 5.41) is 3.14. The summed E-state index contributed by atoms with van der Waals surface area (Å²) in [6.45, 7) is 5.90. The van der Waals surface area contributed by atoms with Crippen LogP contribution in [0.15, 0.2) is 72.4 Å². The predicted octanol–water partition coefficient (Wildman–Crippen LogP) is 5.40. The molecule has 1 aliphatic heterocycles. The van der Waals surface area contributed by atoms with Gasteiger partial charge in [0.25, 0.3) is 11.8 Å². The van der Waals surface area contributed by atoms with Crippen LogP contribution in [0.4, 0.5) is 15.8 Å². The molecule has 0 unspecified atom stereocenters. The molecule has 0 saturated carbocycles. The first-order valence-corrected chi connectivity index (χ1v) is 10.2. The first-order valence-electron chi connectivity index (χ1n) is 10.2. The molecule has 0 aliphatic carbocycles. The van der Waals surface area contributed by atoms with E-state index in [1.54, 1.807) is 6.07 Å². The normalized spacial score (nSPS) is 13.9. The molecule has 0 radical (unpaired) electrons. The van der Waals surface area contributed by atoms with Gasteiger partial charge in [-0.2, -0.15) is 0 Å². The Morgan fingerprint density at radius 3 is 2.16 bits per heavy atom. The molecule has 1 heterocycles. The Kier molecular flexibility index (Phi) is 5.42. The van der Waals surface area contributed by atoms with Crippen LogP contribution < -0.4 is 10.2 Å². The van der Waals surface area contributed by atoms with Crippen LogP contribution in [-0.4, -0.2) is 11.8 Å². The molecule has 0 fully saturated rings. The number of amides is 2. The lowest BCUT2D eigenvalue weighted by Gasteiger charge is -2.18. The van der Waals surface area contributed by atoms with Crippen LogP contribution >= 0.6 is 0 Å². The van der Waals surface area contributed by atoms with E-state index in [0.29, 0.717) is 16.9 Å². The summed E-state index contributed by atoms with van der Waals surface area (Å²) in [5.74, 6) is -1.27. The highest BCUT2D eigenvalue weighted by molar-refractivity contribution is 6.46. The van der Waals surface area contributed by atoms with E-state index < -0.39 is 17.6 Å². The first-order chi connectivity index (χ1) is 14.9. The van der Waals surface area contributed by atoms with Crippen molar-refractivity contribution in [2.75, 3.05) is 10.2 Å². The van der Waals surface area contributed by atoms with Crippen molar-refractivity contribution >= 4 is 28.8 Å². The topological polar surface area (TPSA) is 49.4 Å². The molecule has 0 aromatic heterocycles.